The highest BCUT2D eigenvalue weighted by Crippen LogP contribution is 2.47. The number of aryl methyl sites for hydroxylation is 1. The number of nitrogens with zero attached hydrogens (tertiary/aromatic N) is 3. The maximum Gasteiger partial charge on any atom is 0.409 e. The molecule has 2 atom stereocenters. The predicted octanol–water partition coefficient (Wildman–Crippen LogP) is 4.96. The van der Waals surface area contributed by atoms with Gasteiger partial charge in [0.2, 0.25) is 0 Å². The smallest absolute Gasteiger partial charge is 0.409 e. The second-order valence-corrected chi connectivity index (χ2v) is 8.37. The van der Waals surface area contributed by atoms with Crippen molar-refractivity contribution in [3.63, 3.8) is 0 Å². The molecule has 0 bridgehead atoms. The van der Waals surface area contributed by atoms with E-state index >= 15 is 0 Å². The third-order valence-electron chi connectivity index (χ3n) is 6.57. The Morgan fingerprint density at radius 1 is 1.19 bits per heavy atom. The van der Waals surface area contributed by atoms with E-state index in [1.165, 1.54) is 7.11 Å². The lowest BCUT2D eigenvalue weighted by Crippen LogP contribution is -2.30. The number of methoxy groups -OCH3 is 2. The summed E-state index contributed by atoms with van der Waals surface area (Å²) in [6.07, 6.45) is 0.657. The van der Waals surface area contributed by atoms with Crippen LogP contribution in [0.2, 0.25) is 0 Å². The fourth-order valence-corrected chi connectivity index (χ4v) is 4.49. The van der Waals surface area contributed by atoms with Gasteiger partial charge in [-0.1, -0.05) is 32.0 Å². The molecule has 7 nitrogen and oxygen atoms in total. The molecule has 0 saturated carbocycles. The highest BCUT2D eigenvalue weighted by molar-refractivity contribution is 5.76. The van der Waals surface area contributed by atoms with Gasteiger partial charge < -0.3 is 19.1 Å². The number of benzene rings is 2. The molecule has 0 unspecified atom stereocenters. The summed E-state index contributed by atoms with van der Waals surface area (Å²) in [5.74, 6) is 1.40. The third kappa shape index (κ3) is 3.69. The van der Waals surface area contributed by atoms with Crippen LogP contribution >= 0.6 is 0 Å². The van der Waals surface area contributed by atoms with E-state index in [1.807, 2.05) is 48.0 Å². The lowest BCUT2D eigenvalue weighted by Gasteiger charge is -2.29. The quantitative estimate of drug-likeness (QED) is 0.581. The van der Waals surface area contributed by atoms with Crippen LogP contribution in [0.5, 0.6) is 17.5 Å². The average Bonchev–Trinajstić information content (AvgIpc) is 3.31. The van der Waals surface area contributed by atoms with Gasteiger partial charge in [-0.2, -0.15) is 4.98 Å². The summed E-state index contributed by atoms with van der Waals surface area (Å²) in [5, 5.41) is 0. The molecule has 1 amide bonds. The first-order valence-corrected chi connectivity index (χ1v) is 10.5. The molecule has 1 fully saturated rings. The number of rotatable bonds is 5. The monoisotopic (exact) mass is 423 g/mol. The number of carbonyl (C=O) groups excluding carboxylic acids is 1. The number of imidazole rings is 1. The van der Waals surface area contributed by atoms with Crippen molar-refractivity contribution in [2.45, 2.75) is 26.2 Å². The van der Waals surface area contributed by atoms with Gasteiger partial charge in [-0.05, 0) is 41.7 Å². The molecule has 31 heavy (non-hydrogen) atoms. The predicted molar refractivity (Wildman–Crippen MR) is 119 cm³/mol. The molecule has 164 valence electrons. The van der Waals surface area contributed by atoms with Gasteiger partial charge in [-0.3, -0.25) is 4.57 Å². The first kappa shape index (κ1) is 21.0. The van der Waals surface area contributed by atoms with Crippen LogP contribution in [0.1, 0.15) is 31.7 Å². The summed E-state index contributed by atoms with van der Waals surface area (Å²) >= 11 is 0. The highest BCUT2D eigenvalue weighted by atomic mass is 16.5. The van der Waals surface area contributed by atoms with Gasteiger partial charge in [0.1, 0.15) is 0 Å². The molecule has 2 aromatic carbocycles. The van der Waals surface area contributed by atoms with Crippen LogP contribution < -0.4 is 9.47 Å². The summed E-state index contributed by atoms with van der Waals surface area (Å²) in [6, 6.07) is 14.4. The maximum atomic E-state index is 12.2. The van der Waals surface area contributed by atoms with E-state index in [0.717, 1.165) is 23.0 Å². The van der Waals surface area contributed by atoms with Gasteiger partial charge in [-0.25, -0.2) is 4.79 Å². The zero-order valence-electron chi connectivity index (χ0n) is 18.7. The highest BCUT2D eigenvalue weighted by Gasteiger charge is 2.44. The molecule has 1 aliphatic rings. The normalized spacial score (nSPS) is 20.8. The lowest BCUT2D eigenvalue weighted by molar-refractivity contribution is 0.128. The summed E-state index contributed by atoms with van der Waals surface area (Å²) in [5.41, 5.74) is 2.91. The van der Waals surface area contributed by atoms with E-state index in [2.05, 4.69) is 24.9 Å². The van der Waals surface area contributed by atoms with Gasteiger partial charge in [0, 0.05) is 26.1 Å². The zero-order valence-corrected chi connectivity index (χ0v) is 18.7. The molecule has 4 rings (SSSR count). The Morgan fingerprint density at radius 2 is 1.97 bits per heavy atom. The Labute approximate surface area is 182 Å². The number of ether oxygens (including phenoxy) is 3. The number of para-hydroxylation sites is 2. The van der Waals surface area contributed by atoms with Gasteiger partial charge >= 0.3 is 12.1 Å². The average molecular weight is 424 g/mol. The van der Waals surface area contributed by atoms with Crippen molar-refractivity contribution in [3.05, 3.63) is 48.0 Å². The molecular formula is C24H29N3O4. The van der Waals surface area contributed by atoms with Crippen molar-refractivity contribution in [3.8, 4) is 17.5 Å². The minimum absolute atomic E-state index is 0.0576. The molecule has 2 heterocycles. The van der Waals surface area contributed by atoms with Crippen molar-refractivity contribution >= 4 is 17.1 Å². The van der Waals surface area contributed by atoms with Crippen molar-refractivity contribution < 1.29 is 19.0 Å². The Hall–Kier alpha value is -3.22. The summed E-state index contributed by atoms with van der Waals surface area (Å²) < 4.78 is 18.7. The Morgan fingerprint density at radius 3 is 2.65 bits per heavy atom. The number of aromatic nitrogens is 2. The van der Waals surface area contributed by atoms with Crippen LogP contribution in [0.25, 0.3) is 11.0 Å². The van der Waals surface area contributed by atoms with Crippen LogP contribution in [0.15, 0.2) is 42.5 Å². The van der Waals surface area contributed by atoms with E-state index in [0.29, 0.717) is 30.6 Å². The summed E-state index contributed by atoms with van der Waals surface area (Å²) in [6.45, 7) is 5.65. The second kappa shape index (κ2) is 8.13. The second-order valence-electron chi connectivity index (χ2n) is 8.37. The first-order chi connectivity index (χ1) is 14.9. The van der Waals surface area contributed by atoms with Crippen LogP contribution in [0.3, 0.4) is 0 Å². The number of fused-ring (bicyclic) bond motifs is 1. The van der Waals surface area contributed by atoms with E-state index in [1.54, 1.807) is 12.0 Å². The SMILES string of the molecule is CC[C@]1(C)CN(C(=O)OC)C[C@H]1c1ccc(OC)c(Oc2nc3ccccc3n2C)c1. The van der Waals surface area contributed by atoms with Crippen LogP contribution in [-0.2, 0) is 11.8 Å². The molecule has 0 aliphatic carbocycles. The van der Waals surface area contributed by atoms with E-state index < -0.39 is 0 Å². The third-order valence-corrected chi connectivity index (χ3v) is 6.57. The Kier molecular flexibility index (Phi) is 5.52. The Bertz CT molecular complexity index is 1110. The van der Waals surface area contributed by atoms with Gasteiger partial charge in [0.25, 0.3) is 0 Å². The van der Waals surface area contributed by atoms with Crippen molar-refractivity contribution in [2.75, 3.05) is 27.3 Å². The van der Waals surface area contributed by atoms with E-state index in [4.69, 9.17) is 14.2 Å². The number of hydrogen-bond donors (Lipinski definition) is 0. The molecular weight excluding hydrogens is 394 g/mol. The van der Waals surface area contributed by atoms with Gasteiger partial charge in [-0.15, -0.1) is 0 Å². The standard InChI is InChI=1S/C24H29N3O4/c1-6-24(2)15-27(23(28)30-5)14-17(24)16-11-12-20(29-4)21(13-16)31-22-25-18-9-7-8-10-19(18)26(22)3/h7-13,17H,6,14-15H2,1-5H3/t17-,24+/m0/s1. The number of hydrogen-bond acceptors (Lipinski definition) is 5. The van der Waals surface area contributed by atoms with Gasteiger partial charge in [0.05, 0.1) is 25.3 Å². The molecule has 1 aliphatic heterocycles. The molecule has 0 spiro atoms. The Balaban J connectivity index is 1.70. The molecule has 7 heteroatoms. The zero-order chi connectivity index (χ0) is 22.2. The number of likely N-dealkylation sites (tertiary alicyclic amines) is 1. The van der Waals surface area contributed by atoms with E-state index in [9.17, 15) is 4.79 Å². The maximum absolute atomic E-state index is 12.2. The van der Waals surface area contributed by atoms with E-state index in [-0.39, 0.29) is 17.4 Å². The topological polar surface area (TPSA) is 65.8 Å². The van der Waals surface area contributed by atoms with Crippen LogP contribution in [0.4, 0.5) is 4.79 Å². The van der Waals surface area contributed by atoms with Crippen LogP contribution in [-0.4, -0.2) is 47.9 Å². The molecule has 0 radical (unpaired) electrons. The summed E-state index contributed by atoms with van der Waals surface area (Å²) in [4.78, 5) is 18.6. The fourth-order valence-electron chi connectivity index (χ4n) is 4.49. The lowest BCUT2D eigenvalue weighted by atomic mass is 9.74. The fraction of sp³-hybridized carbons (Fsp3) is 0.417. The number of amides is 1. The molecule has 1 saturated heterocycles. The molecule has 0 N–H and O–H groups in total. The van der Waals surface area contributed by atoms with Crippen molar-refractivity contribution in [2.24, 2.45) is 12.5 Å². The van der Waals surface area contributed by atoms with Crippen molar-refractivity contribution in [1.82, 2.24) is 14.5 Å². The largest absolute Gasteiger partial charge is 0.493 e. The molecule has 1 aromatic heterocycles. The van der Waals surface area contributed by atoms with Gasteiger partial charge in [0.15, 0.2) is 11.5 Å². The minimum atomic E-state index is -0.285. The molecule has 3 aromatic rings. The summed E-state index contributed by atoms with van der Waals surface area (Å²) in [7, 11) is 4.98. The number of carbonyl (C=O) groups is 1. The van der Waals surface area contributed by atoms with Crippen molar-refractivity contribution in [1.29, 1.82) is 0 Å². The minimum Gasteiger partial charge on any atom is -0.493 e. The first-order valence-electron chi connectivity index (χ1n) is 10.5. The van der Waals surface area contributed by atoms with Crippen LogP contribution in [0, 0.1) is 5.41 Å².